The first kappa shape index (κ1) is 11.1. The maximum Gasteiger partial charge on any atom is 0.255 e. The average molecular weight is 223 g/mol. The van der Waals surface area contributed by atoms with Crippen LogP contribution in [0.5, 0.6) is 0 Å². The Morgan fingerprint density at radius 2 is 1.53 bits per heavy atom. The van der Waals surface area contributed by atoms with E-state index in [0.717, 1.165) is 11.1 Å². The van der Waals surface area contributed by atoms with Gasteiger partial charge in [0, 0.05) is 5.56 Å². The van der Waals surface area contributed by atoms with Crippen molar-refractivity contribution in [3.8, 4) is 11.1 Å². The molecule has 0 aliphatic rings. The average Bonchev–Trinajstić information content (AvgIpc) is 2.40. The number of carbonyl (C=O) groups is 1. The van der Waals surface area contributed by atoms with Gasteiger partial charge in [-0.15, -0.1) is 0 Å². The summed E-state index contributed by atoms with van der Waals surface area (Å²) < 4.78 is 0. The molecule has 0 aromatic heterocycles. The van der Waals surface area contributed by atoms with Gasteiger partial charge in [0.05, 0.1) is 0 Å². The van der Waals surface area contributed by atoms with Crippen LogP contribution in [-0.2, 0) is 0 Å². The van der Waals surface area contributed by atoms with Crippen molar-refractivity contribution in [1.82, 2.24) is 5.32 Å². The Labute approximate surface area is 101 Å². The van der Waals surface area contributed by atoms with Gasteiger partial charge in [-0.3, -0.25) is 4.79 Å². The second kappa shape index (κ2) is 5.12. The van der Waals surface area contributed by atoms with Crippen molar-refractivity contribution >= 4 is 5.91 Å². The Kier molecular flexibility index (Phi) is 3.36. The van der Waals surface area contributed by atoms with E-state index in [1.165, 1.54) is 6.20 Å². The van der Waals surface area contributed by atoms with Crippen LogP contribution >= 0.6 is 0 Å². The second-order valence-electron chi connectivity index (χ2n) is 3.62. The van der Waals surface area contributed by atoms with Gasteiger partial charge in [0.15, 0.2) is 0 Å². The highest BCUT2D eigenvalue weighted by Gasteiger charge is 2.03. The minimum absolute atomic E-state index is 0.139. The monoisotopic (exact) mass is 223 g/mol. The molecule has 2 aromatic carbocycles. The fourth-order valence-corrected chi connectivity index (χ4v) is 1.62. The third-order valence-corrected chi connectivity index (χ3v) is 2.49. The van der Waals surface area contributed by atoms with Crippen molar-refractivity contribution in [1.29, 1.82) is 0 Å². The Bertz CT molecular complexity index is 514. The molecular formula is C15H13NO. The number of benzene rings is 2. The smallest absolute Gasteiger partial charge is 0.255 e. The summed E-state index contributed by atoms with van der Waals surface area (Å²) in [4.78, 5) is 11.5. The summed E-state index contributed by atoms with van der Waals surface area (Å²) in [5.41, 5.74) is 2.87. The van der Waals surface area contributed by atoms with Crippen LogP contribution < -0.4 is 5.32 Å². The Balaban J connectivity index is 2.24. The Morgan fingerprint density at radius 3 is 2.12 bits per heavy atom. The van der Waals surface area contributed by atoms with E-state index in [9.17, 15) is 4.79 Å². The predicted octanol–water partition coefficient (Wildman–Crippen LogP) is 3.23. The quantitative estimate of drug-likeness (QED) is 0.850. The highest BCUT2D eigenvalue weighted by Crippen LogP contribution is 2.19. The number of hydrogen-bond donors (Lipinski definition) is 1. The van der Waals surface area contributed by atoms with Crippen LogP contribution in [0.4, 0.5) is 0 Å². The van der Waals surface area contributed by atoms with Gasteiger partial charge in [-0.05, 0) is 29.5 Å². The van der Waals surface area contributed by atoms with E-state index >= 15 is 0 Å². The van der Waals surface area contributed by atoms with Gasteiger partial charge in [0.1, 0.15) is 0 Å². The first-order chi connectivity index (χ1) is 8.31. The summed E-state index contributed by atoms with van der Waals surface area (Å²) in [7, 11) is 0. The highest BCUT2D eigenvalue weighted by molar-refractivity contribution is 5.95. The van der Waals surface area contributed by atoms with Crippen molar-refractivity contribution in [3.63, 3.8) is 0 Å². The third kappa shape index (κ3) is 2.61. The summed E-state index contributed by atoms with van der Waals surface area (Å²) >= 11 is 0. The van der Waals surface area contributed by atoms with Crippen LogP contribution in [0.3, 0.4) is 0 Å². The molecule has 0 spiro atoms. The maximum atomic E-state index is 11.5. The lowest BCUT2D eigenvalue weighted by Gasteiger charge is -2.03. The minimum atomic E-state index is -0.139. The molecule has 0 heterocycles. The molecule has 17 heavy (non-hydrogen) atoms. The van der Waals surface area contributed by atoms with E-state index in [0.29, 0.717) is 5.56 Å². The number of nitrogens with one attached hydrogen (secondary N) is 1. The van der Waals surface area contributed by atoms with Gasteiger partial charge in [0.2, 0.25) is 0 Å². The zero-order valence-electron chi connectivity index (χ0n) is 9.39. The van der Waals surface area contributed by atoms with Crippen LogP contribution in [0.2, 0.25) is 0 Å². The molecule has 0 fully saturated rings. The molecule has 2 nitrogen and oxygen atoms in total. The van der Waals surface area contributed by atoms with Crippen LogP contribution in [0.25, 0.3) is 11.1 Å². The minimum Gasteiger partial charge on any atom is -0.329 e. The zero-order chi connectivity index (χ0) is 12.1. The molecule has 2 rings (SSSR count). The standard InChI is InChI=1S/C15H13NO/c1-2-16-15(17)14-10-8-13(9-11-14)12-6-4-3-5-7-12/h2-11H,1H2,(H,16,17). The maximum absolute atomic E-state index is 11.5. The largest absolute Gasteiger partial charge is 0.329 e. The van der Waals surface area contributed by atoms with E-state index in [-0.39, 0.29) is 5.91 Å². The molecule has 0 saturated heterocycles. The Morgan fingerprint density at radius 1 is 0.941 bits per heavy atom. The topological polar surface area (TPSA) is 29.1 Å². The van der Waals surface area contributed by atoms with Crippen LogP contribution in [-0.4, -0.2) is 5.91 Å². The third-order valence-electron chi connectivity index (χ3n) is 2.49. The molecule has 1 amide bonds. The van der Waals surface area contributed by atoms with Crippen molar-refractivity contribution in [2.45, 2.75) is 0 Å². The molecule has 0 saturated carbocycles. The molecule has 0 aliphatic heterocycles. The van der Waals surface area contributed by atoms with Gasteiger partial charge < -0.3 is 5.32 Å². The van der Waals surface area contributed by atoms with E-state index in [4.69, 9.17) is 0 Å². The first-order valence-corrected chi connectivity index (χ1v) is 5.38. The summed E-state index contributed by atoms with van der Waals surface area (Å²) in [6, 6.07) is 17.5. The van der Waals surface area contributed by atoms with Gasteiger partial charge in [-0.25, -0.2) is 0 Å². The molecule has 0 atom stereocenters. The second-order valence-corrected chi connectivity index (χ2v) is 3.62. The molecule has 2 aromatic rings. The van der Waals surface area contributed by atoms with Crippen LogP contribution in [0.1, 0.15) is 10.4 Å². The lowest BCUT2D eigenvalue weighted by Crippen LogP contribution is -2.16. The van der Waals surface area contributed by atoms with Gasteiger partial charge in [0.25, 0.3) is 5.91 Å². The molecule has 0 aliphatic carbocycles. The molecular weight excluding hydrogens is 210 g/mol. The fraction of sp³-hybridized carbons (Fsp3) is 0. The first-order valence-electron chi connectivity index (χ1n) is 5.38. The molecule has 84 valence electrons. The summed E-state index contributed by atoms with van der Waals surface area (Å²) in [5, 5.41) is 2.55. The van der Waals surface area contributed by atoms with Gasteiger partial charge in [-0.1, -0.05) is 49.0 Å². The number of hydrogen-bond acceptors (Lipinski definition) is 1. The molecule has 0 unspecified atom stereocenters. The van der Waals surface area contributed by atoms with E-state index in [2.05, 4.69) is 11.9 Å². The summed E-state index contributed by atoms with van der Waals surface area (Å²) in [6.45, 7) is 3.46. The van der Waals surface area contributed by atoms with Gasteiger partial charge >= 0.3 is 0 Å². The van der Waals surface area contributed by atoms with E-state index < -0.39 is 0 Å². The fourth-order valence-electron chi connectivity index (χ4n) is 1.62. The van der Waals surface area contributed by atoms with Crippen LogP contribution in [0.15, 0.2) is 67.4 Å². The summed E-state index contributed by atoms with van der Waals surface area (Å²) in [5.74, 6) is -0.139. The van der Waals surface area contributed by atoms with Crippen molar-refractivity contribution in [2.75, 3.05) is 0 Å². The van der Waals surface area contributed by atoms with Crippen molar-refractivity contribution in [3.05, 3.63) is 72.9 Å². The summed E-state index contributed by atoms with van der Waals surface area (Å²) in [6.07, 6.45) is 1.38. The van der Waals surface area contributed by atoms with E-state index in [1.54, 1.807) is 12.1 Å². The zero-order valence-corrected chi connectivity index (χ0v) is 9.39. The van der Waals surface area contributed by atoms with Crippen molar-refractivity contribution in [2.24, 2.45) is 0 Å². The number of rotatable bonds is 3. The SMILES string of the molecule is C=CNC(=O)c1ccc(-c2ccccc2)cc1. The Hall–Kier alpha value is -2.35. The van der Waals surface area contributed by atoms with Gasteiger partial charge in [-0.2, -0.15) is 0 Å². The molecule has 0 bridgehead atoms. The van der Waals surface area contributed by atoms with E-state index in [1.807, 2.05) is 42.5 Å². The molecule has 0 radical (unpaired) electrons. The normalized spacial score (nSPS) is 9.65. The highest BCUT2D eigenvalue weighted by atomic mass is 16.1. The van der Waals surface area contributed by atoms with Crippen molar-refractivity contribution < 1.29 is 4.79 Å². The lowest BCUT2D eigenvalue weighted by atomic mass is 10.0. The lowest BCUT2D eigenvalue weighted by molar-refractivity contribution is 0.0970. The number of amides is 1. The molecule has 1 N–H and O–H groups in total. The molecule has 2 heteroatoms. The predicted molar refractivity (Wildman–Crippen MR) is 69.5 cm³/mol. The van der Waals surface area contributed by atoms with Crippen LogP contribution in [0, 0.1) is 0 Å². The number of carbonyl (C=O) groups excluding carboxylic acids is 1.